The molecule has 0 aliphatic carbocycles. The first kappa shape index (κ1) is 11.5. The van der Waals surface area contributed by atoms with Gasteiger partial charge in [0, 0.05) is 13.1 Å². The Morgan fingerprint density at radius 1 is 1.29 bits per heavy atom. The monoisotopic (exact) mass is 221 g/mol. The fourth-order valence-corrected chi connectivity index (χ4v) is 2.94. The first-order valence-corrected chi connectivity index (χ1v) is 6.18. The van der Waals surface area contributed by atoms with Crippen LogP contribution in [-0.4, -0.2) is 42.1 Å². The predicted molar refractivity (Wildman–Crippen MR) is 51.4 cm³/mol. The number of carbonyl (C=O) groups is 1. The van der Waals surface area contributed by atoms with Gasteiger partial charge in [-0.05, 0) is 19.8 Å². The van der Waals surface area contributed by atoms with Gasteiger partial charge in [0.2, 0.25) is 10.0 Å². The predicted octanol–water partition coefficient (Wildman–Crippen LogP) is 0.275. The van der Waals surface area contributed by atoms with E-state index >= 15 is 0 Å². The number of aliphatic carboxylic acids is 1. The zero-order valence-electron chi connectivity index (χ0n) is 8.14. The average molecular weight is 221 g/mol. The minimum atomic E-state index is -3.63. The lowest BCUT2D eigenvalue weighted by Gasteiger charge is -2.27. The van der Waals surface area contributed by atoms with Crippen molar-refractivity contribution in [3.8, 4) is 0 Å². The Labute approximate surface area is 83.8 Å². The Morgan fingerprint density at radius 2 is 1.79 bits per heavy atom. The van der Waals surface area contributed by atoms with E-state index in [2.05, 4.69) is 0 Å². The minimum absolute atomic E-state index is 0.458. The summed E-state index contributed by atoms with van der Waals surface area (Å²) in [5, 5.41) is 7.31. The molecule has 1 N–H and O–H groups in total. The summed E-state index contributed by atoms with van der Waals surface area (Å²) < 4.78 is 24.6. The molecule has 1 fully saturated rings. The van der Waals surface area contributed by atoms with Crippen molar-refractivity contribution in [1.29, 1.82) is 0 Å². The van der Waals surface area contributed by atoms with E-state index in [4.69, 9.17) is 5.11 Å². The van der Waals surface area contributed by atoms with Gasteiger partial charge in [-0.15, -0.1) is 0 Å². The molecule has 0 aromatic rings. The number of hydrogen-bond acceptors (Lipinski definition) is 3. The summed E-state index contributed by atoms with van der Waals surface area (Å²) in [5.41, 5.74) is 0. The molecule has 1 unspecified atom stereocenters. The van der Waals surface area contributed by atoms with Crippen molar-refractivity contribution >= 4 is 16.0 Å². The number of nitrogens with zero attached hydrogens (tertiary/aromatic N) is 1. The SMILES string of the molecule is CC(C(=O)O)S(=O)(=O)N1CCCCC1. The first-order valence-electron chi connectivity index (χ1n) is 4.68. The van der Waals surface area contributed by atoms with Gasteiger partial charge < -0.3 is 5.11 Å². The Hall–Kier alpha value is -0.620. The molecule has 0 amide bonds. The van der Waals surface area contributed by atoms with E-state index in [-0.39, 0.29) is 0 Å². The van der Waals surface area contributed by atoms with E-state index in [1.54, 1.807) is 0 Å². The van der Waals surface area contributed by atoms with Gasteiger partial charge in [-0.25, -0.2) is 12.7 Å². The second kappa shape index (κ2) is 4.27. The zero-order valence-corrected chi connectivity index (χ0v) is 8.96. The molecule has 0 spiro atoms. The normalized spacial score (nSPS) is 21.8. The van der Waals surface area contributed by atoms with E-state index in [9.17, 15) is 13.2 Å². The summed E-state index contributed by atoms with van der Waals surface area (Å²) in [4.78, 5) is 10.6. The van der Waals surface area contributed by atoms with Crippen LogP contribution in [0.1, 0.15) is 26.2 Å². The van der Waals surface area contributed by atoms with Crippen LogP contribution in [-0.2, 0) is 14.8 Å². The number of sulfonamides is 1. The highest BCUT2D eigenvalue weighted by molar-refractivity contribution is 7.90. The quantitative estimate of drug-likeness (QED) is 0.742. The molecule has 1 heterocycles. The minimum Gasteiger partial charge on any atom is -0.480 e. The molecular formula is C8H15NO4S. The molecule has 1 saturated heterocycles. The fraction of sp³-hybridized carbons (Fsp3) is 0.875. The van der Waals surface area contributed by atoms with Crippen LogP contribution in [0.4, 0.5) is 0 Å². The fourth-order valence-electron chi connectivity index (χ4n) is 1.47. The van der Waals surface area contributed by atoms with Gasteiger partial charge >= 0.3 is 5.97 Å². The molecular weight excluding hydrogens is 206 g/mol. The second-order valence-corrected chi connectivity index (χ2v) is 5.74. The highest BCUT2D eigenvalue weighted by atomic mass is 32.2. The molecule has 0 saturated carbocycles. The summed E-state index contributed by atoms with van der Waals surface area (Å²) in [7, 11) is -3.63. The molecule has 6 heteroatoms. The van der Waals surface area contributed by atoms with Gasteiger partial charge in [0.25, 0.3) is 0 Å². The Morgan fingerprint density at radius 3 is 2.21 bits per heavy atom. The van der Waals surface area contributed by atoms with E-state index < -0.39 is 21.2 Å². The average Bonchev–Trinajstić information content (AvgIpc) is 2.18. The van der Waals surface area contributed by atoms with Crippen LogP contribution in [0.5, 0.6) is 0 Å². The van der Waals surface area contributed by atoms with Crippen molar-refractivity contribution in [3.63, 3.8) is 0 Å². The molecule has 5 nitrogen and oxygen atoms in total. The third kappa shape index (κ3) is 2.24. The molecule has 0 bridgehead atoms. The van der Waals surface area contributed by atoms with E-state index in [1.807, 2.05) is 0 Å². The van der Waals surface area contributed by atoms with Crippen LogP contribution >= 0.6 is 0 Å². The molecule has 1 aliphatic rings. The molecule has 0 aromatic carbocycles. The number of carboxylic acid groups (broad SMARTS) is 1. The summed E-state index contributed by atoms with van der Waals surface area (Å²) >= 11 is 0. The number of rotatable bonds is 3. The van der Waals surface area contributed by atoms with Gasteiger partial charge in [-0.2, -0.15) is 0 Å². The van der Waals surface area contributed by atoms with Crippen LogP contribution < -0.4 is 0 Å². The van der Waals surface area contributed by atoms with E-state index in [1.165, 1.54) is 11.2 Å². The summed E-state index contributed by atoms with van der Waals surface area (Å²) in [6.45, 7) is 2.13. The molecule has 82 valence electrons. The maximum Gasteiger partial charge on any atom is 0.323 e. The number of hydrogen-bond donors (Lipinski definition) is 1. The van der Waals surface area contributed by atoms with Crippen molar-refractivity contribution in [2.75, 3.05) is 13.1 Å². The maximum absolute atomic E-state index is 11.7. The number of carboxylic acids is 1. The molecule has 0 radical (unpaired) electrons. The van der Waals surface area contributed by atoms with Crippen LogP contribution in [0.2, 0.25) is 0 Å². The van der Waals surface area contributed by atoms with Gasteiger partial charge in [0.05, 0.1) is 0 Å². The highest BCUT2D eigenvalue weighted by Gasteiger charge is 2.34. The van der Waals surface area contributed by atoms with Gasteiger partial charge in [-0.3, -0.25) is 4.79 Å². The lowest BCUT2D eigenvalue weighted by Crippen LogP contribution is -2.43. The second-order valence-electron chi connectivity index (χ2n) is 3.49. The van der Waals surface area contributed by atoms with Crippen molar-refractivity contribution in [2.24, 2.45) is 0 Å². The molecule has 0 aromatic heterocycles. The lowest BCUT2D eigenvalue weighted by atomic mass is 10.2. The summed E-state index contributed by atoms with van der Waals surface area (Å²) in [6, 6.07) is 0. The van der Waals surface area contributed by atoms with Crippen molar-refractivity contribution in [2.45, 2.75) is 31.4 Å². The molecule has 1 rings (SSSR count). The molecule has 1 atom stereocenters. The zero-order chi connectivity index (χ0) is 10.8. The summed E-state index contributed by atoms with van der Waals surface area (Å²) in [5.74, 6) is -1.28. The Balaban J connectivity index is 2.78. The van der Waals surface area contributed by atoms with Crippen LogP contribution in [0, 0.1) is 0 Å². The molecule has 1 aliphatic heterocycles. The van der Waals surface area contributed by atoms with E-state index in [0.717, 1.165) is 19.3 Å². The highest BCUT2D eigenvalue weighted by Crippen LogP contribution is 2.16. The third-order valence-corrected chi connectivity index (χ3v) is 4.65. The largest absolute Gasteiger partial charge is 0.480 e. The van der Waals surface area contributed by atoms with Gasteiger partial charge in [-0.1, -0.05) is 6.42 Å². The Bertz CT molecular complexity index is 305. The first-order chi connectivity index (χ1) is 6.46. The third-order valence-electron chi connectivity index (χ3n) is 2.47. The summed E-state index contributed by atoms with van der Waals surface area (Å²) in [6.07, 6.45) is 2.67. The van der Waals surface area contributed by atoms with E-state index in [0.29, 0.717) is 13.1 Å². The topological polar surface area (TPSA) is 74.7 Å². The van der Waals surface area contributed by atoms with Crippen LogP contribution in [0.3, 0.4) is 0 Å². The number of piperidine rings is 1. The smallest absolute Gasteiger partial charge is 0.323 e. The standard InChI is InChI=1S/C8H15NO4S/c1-7(8(10)11)14(12,13)9-5-3-2-4-6-9/h7H,2-6H2,1H3,(H,10,11). The van der Waals surface area contributed by atoms with Crippen molar-refractivity contribution in [3.05, 3.63) is 0 Å². The van der Waals surface area contributed by atoms with Gasteiger partial charge in [0.1, 0.15) is 0 Å². The Kier molecular flexibility index (Phi) is 3.49. The lowest BCUT2D eigenvalue weighted by molar-refractivity contribution is -0.136. The van der Waals surface area contributed by atoms with Crippen LogP contribution in [0.25, 0.3) is 0 Å². The van der Waals surface area contributed by atoms with Crippen LogP contribution in [0.15, 0.2) is 0 Å². The maximum atomic E-state index is 11.7. The molecule has 14 heavy (non-hydrogen) atoms. The van der Waals surface area contributed by atoms with Gasteiger partial charge in [0.15, 0.2) is 5.25 Å². The van der Waals surface area contributed by atoms with Crippen molar-refractivity contribution < 1.29 is 18.3 Å². The van der Waals surface area contributed by atoms with Crippen molar-refractivity contribution in [1.82, 2.24) is 4.31 Å².